The van der Waals surface area contributed by atoms with Gasteiger partial charge in [0.15, 0.2) is 0 Å². The highest BCUT2D eigenvalue weighted by atomic mass is 14.9. The van der Waals surface area contributed by atoms with Gasteiger partial charge in [-0.3, -0.25) is 0 Å². The Balaban J connectivity index is 2.38. The molecule has 0 saturated carbocycles. The molecule has 2 heteroatoms. The number of rotatable bonds is 3. The van der Waals surface area contributed by atoms with Crippen LogP contribution in [0.2, 0.25) is 0 Å². The van der Waals surface area contributed by atoms with Crippen LogP contribution in [0.25, 0.3) is 5.69 Å². The molecular formula is C14H18N2. The summed E-state index contributed by atoms with van der Waals surface area (Å²) >= 11 is 0. The minimum atomic E-state index is 0.705. The first-order valence-electron chi connectivity index (χ1n) is 5.65. The third-order valence-electron chi connectivity index (χ3n) is 2.83. The van der Waals surface area contributed by atoms with Crippen molar-refractivity contribution in [1.29, 1.82) is 0 Å². The summed E-state index contributed by atoms with van der Waals surface area (Å²) in [5.41, 5.74) is 10.7. The molecule has 0 spiro atoms. The summed E-state index contributed by atoms with van der Waals surface area (Å²) in [7, 11) is 0. The van der Waals surface area contributed by atoms with Gasteiger partial charge in [0.05, 0.1) is 0 Å². The molecule has 0 amide bonds. The highest BCUT2D eigenvalue weighted by molar-refractivity contribution is 5.44. The number of nitrogens with two attached hydrogens (primary N) is 1. The molecule has 0 aliphatic rings. The first-order valence-corrected chi connectivity index (χ1v) is 5.65. The number of aromatic nitrogens is 1. The Morgan fingerprint density at radius 2 is 2.00 bits per heavy atom. The Hall–Kier alpha value is -1.54. The van der Waals surface area contributed by atoms with Gasteiger partial charge in [0.1, 0.15) is 0 Å². The maximum atomic E-state index is 5.55. The minimum absolute atomic E-state index is 0.705. The summed E-state index contributed by atoms with van der Waals surface area (Å²) in [6, 6.07) is 8.65. The Kier molecular flexibility index (Phi) is 3.11. The van der Waals surface area contributed by atoms with Crippen molar-refractivity contribution in [2.24, 2.45) is 5.73 Å². The van der Waals surface area contributed by atoms with Crippen LogP contribution in [-0.4, -0.2) is 11.1 Å². The topological polar surface area (TPSA) is 30.9 Å². The van der Waals surface area contributed by atoms with Gasteiger partial charge in [-0.15, -0.1) is 0 Å². The molecule has 0 bridgehead atoms. The van der Waals surface area contributed by atoms with E-state index in [2.05, 4.69) is 55.1 Å². The zero-order chi connectivity index (χ0) is 11.5. The highest BCUT2D eigenvalue weighted by Crippen LogP contribution is 2.17. The smallest absolute Gasteiger partial charge is 0.0481 e. The molecule has 0 radical (unpaired) electrons. The highest BCUT2D eigenvalue weighted by Gasteiger charge is 2.02. The van der Waals surface area contributed by atoms with Crippen molar-refractivity contribution >= 4 is 0 Å². The van der Waals surface area contributed by atoms with E-state index in [-0.39, 0.29) is 0 Å². The van der Waals surface area contributed by atoms with Crippen molar-refractivity contribution in [2.45, 2.75) is 20.3 Å². The second kappa shape index (κ2) is 4.54. The summed E-state index contributed by atoms with van der Waals surface area (Å²) in [4.78, 5) is 0. The van der Waals surface area contributed by atoms with Crippen molar-refractivity contribution in [1.82, 2.24) is 4.57 Å². The monoisotopic (exact) mass is 214 g/mol. The maximum absolute atomic E-state index is 5.55. The molecule has 0 unspecified atom stereocenters. The quantitative estimate of drug-likeness (QED) is 0.836. The molecule has 1 aromatic heterocycles. The molecule has 0 atom stereocenters. The standard InChI is InChI=1S/C14H18N2/c1-11-3-4-12(2)14(9-11)16-8-6-13(10-16)5-7-15/h3-4,6,8-10H,5,7,15H2,1-2H3. The molecule has 2 rings (SSSR count). The minimum Gasteiger partial charge on any atom is -0.330 e. The molecule has 1 aromatic carbocycles. The summed E-state index contributed by atoms with van der Waals surface area (Å²) in [6.45, 7) is 4.96. The Labute approximate surface area is 96.7 Å². The fourth-order valence-electron chi connectivity index (χ4n) is 1.90. The van der Waals surface area contributed by atoms with Crippen LogP contribution in [0.3, 0.4) is 0 Å². The Morgan fingerprint density at radius 1 is 1.19 bits per heavy atom. The van der Waals surface area contributed by atoms with Gasteiger partial charge in [0.2, 0.25) is 0 Å². The predicted molar refractivity (Wildman–Crippen MR) is 68.0 cm³/mol. The van der Waals surface area contributed by atoms with E-state index in [1.807, 2.05) is 0 Å². The normalized spacial score (nSPS) is 10.7. The molecular weight excluding hydrogens is 196 g/mol. The lowest BCUT2D eigenvalue weighted by molar-refractivity contribution is 0.959. The fourth-order valence-corrected chi connectivity index (χ4v) is 1.90. The Bertz CT molecular complexity index is 483. The number of nitrogens with zero attached hydrogens (tertiary/aromatic N) is 1. The second-order valence-electron chi connectivity index (χ2n) is 4.26. The molecule has 1 heterocycles. The molecule has 2 N–H and O–H groups in total. The third-order valence-corrected chi connectivity index (χ3v) is 2.83. The summed E-state index contributed by atoms with van der Waals surface area (Å²) in [6.07, 6.45) is 5.21. The van der Waals surface area contributed by atoms with E-state index in [0.717, 1.165) is 6.42 Å². The van der Waals surface area contributed by atoms with Crippen LogP contribution in [0.1, 0.15) is 16.7 Å². The molecule has 0 aliphatic heterocycles. The van der Waals surface area contributed by atoms with E-state index in [4.69, 9.17) is 5.73 Å². The maximum Gasteiger partial charge on any atom is 0.0481 e. The van der Waals surface area contributed by atoms with Gasteiger partial charge in [-0.25, -0.2) is 0 Å². The molecule has 16 heavy (non-hydrogen) atoms. The number of hydrogen-bond acceptors (Lipinski definition) is 1. The van der Waals surface area contributed by atoms with Gasteiger partial charge in [-0.2, -0.15) is 0 Å². The number of hydrogen-bond donors (Lipinski definition) is 1. The molecule has 84 valence electrons. The SMILES string of the molecule is Cc1ccc(C)c(-n2ccc(CCN)c2)c1. The number of benzene rings is 1. The largest absolute Gasteiger partial charge is 0.330 e. The van der Waals surface area contributed by atoms with E-state index in [1.165, 1.54) is 22.4 Å². The molecule has 0 fully saturated rings. The first-order chi connectivity index (χ1) is 7.70. The zero-order valence-electron chi connectivity index (χ0n) is 9.90. The van der Waals surface area contributed by atoms with Crippen molar-refractivity contribution in [2.75, 3.05) is 6.54 Å². The predicted octanol–water partition coefficient (Wildman–Crippen LogP) is 2.60. The van der Waals surface area contributed by atoms with Crippen molar-refractivity contribution < 1.29 is 0 Å². The van der Waals surface area contributed by atoms with Crippen molar-refractivity contribution in [3.05, 3.63) is 53.3 Å². The summed E-state index contributed by atoms with van der Waals surface area (Å²) in [5.74, 6) is 0. The molecule has 2 nitrogen and oxygen atoms in total. The Morgan fingerprint density at radius 3 is 2.75 bits per heavy atom. The van der Waals surface area contributed by atoms with E-state index < -0.39 is 0 Å². The van der Waals surface area contributed by atoms with Crippen molar-refractivity contribution in [3.8, 4) is 5.69 Å². The van der Waals surface area contributed by atoms with Gasteiger partial charge < -0.3 is 10.3 Å². The van der Waals surface area contributed by atoms with Gasteiger partial charge in [0.25, 0.3) is 0 Å². The van der Waals surface area contributed by atoms with Gasteiger partial charge in [0, 0.05) is 18.1 Å². The summed E-state index contributed by atoms with van der Waals surface area (Å²) < 4.78 is 2.17. The van der Waals surface area contributed by atoms with Gasteiger partial charge in [-0.05, 0) is 55.6 Å². The first kappa shape index (κ1) is 11.0. The average Bonchev–Trinajstić information content (AvgIpc) is 2.71. The van der Waals surface area contributed by atoms with Gasteiger partial charge >= 0.3 is 0 Å². The lowest BCUT2D eigenvalue weighted by Gasteiger charge is -2.08. The van der Waals surface area contributed by atoms with E-state index >= 15 is 0 Å². The average molecular weight is 214 g/mol. The fraction of sp³-hybridized carbons (Fsp3) is 0.286. The van der Waals surface area contributed by atoms with Crippen molar-refractivity contribution in [3.63, 3.8) is 0 Å². The van der Waals surface area contributed by atoms with Gasteiger partial charge in [-0.1, -0.05) is 12.1 Å². The lowest BCUT2D eigenvalue weighted by Crippen LogP contribution is -2.01. The molecule has 2 aromatic rings. The van der Waals surface area contributed by atoms with Crippen LogP contribution < -0.4 is 5.73 Å². The number of aryl methyl sites for hydroxylation is 2. The third kappa shape index (κ3) is 2.17. The summed E-state index contributed by atoms with van der Waals surface area (Å²) in [5, 5.41) is 0. The van der Waals surface area contributed by atoms with Crippen LogP contribution in [0.15, 0.2) is 36.7 Å². The van der Waals surface area contributed by atoms with Crippen LogP contribution in [0.5, 0.6) is 0 Å². The zero-order valence-corrected chi connectivity index (χ0v) is 9.90. The van der Waals surface area contributed by atoms with Crippen LogP contribution in [0.4, 0.5) is 0 Å². The van der Waals surface area contributed by atoms with E-state index in [9.17, 15) is 0 Å². The molecule has 0 aliphatic carbocycles. The van der Waals surface area contributed by atoms with Crippen LogP contribution in [0, 0.1) is 13.8 Å². The molecule has 0 saturated heterocycles. The van der Waals surface area contributed by atoms with E-state index in [0.29, 0.717) is 6.54 Å². The van der Waals surface area contributed by atoms with E-state index in [1.54, 1.807) is 0 Å². The van der Waals surface area contributed by atoms with Crippen LogP contribution >= 0.6 is 0 Å². The van der Waals surface area contributed by atoms with Crippen LogP contribution in [-0.2, 0) is 6.42 Å². The lowest BCUT2D eigenvalue weighted by atomic mass is 10.1. The second-order valence-corrected chi connectivity index (χ2v) is 4.26.